The number of hydrogen-bond acceptors (Lipinski definition) is 3. The van der Waals surface area contributed by atoms with Crippen molar-refractivity contribution in [1.82, 2.24) is 5.32 Å². The van der Waals surface area contributed by atoms with Crippen LogP contribution >= 0.6 is 0 Å². The molecule has 0 amide bonds. The highest BCUT2D eigenvalue weighted by molar-refractivity contribution is 5.77. The Morgan fingerprint density at radius 3 is 3.06 bits per heavy atom. The monoisotopic (exact) mass is 245 g/mol. The zero-order chi connectivity index (χ0) is 12.2. The summed E-state index contributed by atoms with van der Waals surface area (Å²) in [6.07, 6.45) is 2.41. The van der Waals surface area contributed by atoms with Gasteiger partial charge in [-0.05, 0) is 37.4 Å². The Morgan fingerprint density at radius 2 is 2.22 bits per heavy atom. The predicted octanol–water partition coefficient (Wildman–Crippen LogP) is 2.95. The van der Waals surface area contributed by atoms with Crippen LogP contribution in [0.4, 0.5) is 0 Å². The predicted molar refractivity (Wildman–Crippen MR) is 71.5 cm³/mol. The number of nitrogens with one attached hydrogen (secondary N) is 1. The smallest absolute Gasteiger partial charge is 0.134 e. The lowest BCUT2D eigenvalue weighted by molar-refractivity contribution is 0.184. The van der Waals surface area contributed by atoms with Crippen LogP contribution in [0.2, 0.25) is 0 Å². The average molecular weight is 245 g/mol. The van der Waals surface area contributed by atoms with Crippen molar-refractivity contribution in [3.05, 3.63) is 36.1 Å². The van der Waals surface area contributed by atoms with E-state index in [9.17, 15) is 0 Å². The third kappa shape index (κ3) is 2.74. The summed E-state index contributed by atoms with van der Waals surface area (Å²) in [5.41, 5.74) is 0.971. The Hall–Kier alpha value is -1.32. The first-order valence-corrected chi connectivity index (χ1v) is 6.68. The normalized spacial score (nSPS) is 19.7. The maximum Gasteiger partial charge on any atom is 0.134 e. The minimum absolute atomic E-state index is 0.744. The molecule has 1 aromatic heterocycles. The van der Waals surface area contributed by atoms with Gasteiger partial charge in [0.1, 0.15) is 11.3 Å². The summed E-state index contributed by atoms with van der Waals surface area (Å²) in [4.78, 5) is 0. The van der Waals surface area contributed by atoms with Crippen molar-refractivity contribution in [3.63, 3.8) is 0 Å². The van der Waals surface area contributed by atoms with Crippen LogP contribution in [0.25, 0.3) is 11.0 Å². The molecule has 0 radical (unpaired) electrons. The van der Waals surface area contributed by atoms with Gasteiger partial charge in [0.15, 0.2) is 0 Å². The number of fused-ring (bicyclic) bond motifs is 1. The molecule has 1 N–H and O–H groups in total. The van der Waals surface area contributed by atoms with Crippen molar-refractivity contribution in [2.24, 2.45) is 5.92 Å². The molecule has 0 aliphatic carbocycles. The summed E-state index contributed by atoms with van der Waals surface area (Å²) in [7, 11) is 0. The third-order valence-corrected chi connectivity index (χ3v) is 3.53. The minimum atomic E-state index is 0.744. The number of para-hydroxylation sites is 1. The van der Waals surface area contributed by atoms with E-state index in [-0.39, 0.29) is 0 Å². The molecule has 3 nitrogen and oxygen atoms in total. The van der Waals surface area contributed by atoms with Gasteiger partial charge in [-0.15, -0.1) is 0 Å². The number of furan rings is 1. The van der Waals surface area contributed by atoms with Gasteiger partial charge in [0, 0.05) is 18.6 Å². The van der Waals surface area contributed by atoms with Gasteiger partial charge < -0.3 is 14.5 Å². The van der Waals surface area contributed by atoms with E-state index < -0.39 is 0 Å². The van der Waals surface area contributed by atoms with Gasteiger partial charge >= 0.3 is 0 Å². The highest BCUT2D eigenvalue weighted by atomic mass is 16.5. The molecule has 1 saturated heterocycles. The number of ether oxygens (including phenoxy) is 1. The molecule has 0 bridgehead atoms. The summed E-state index contributed by atoms with van der Waals surface area (Å²) in [6.45, 7) is 3.72. The molecule has 0 spiro atoms. The molecule has 1 aromatic carbocycles. The fraction of sp³-hybridized carbons (Fsp3) is 0.467. The molecule has 0 saturated carbocycles. The molecule has 1 fully saturated rings. The van der Waals surface area contributed by atoms with E-state index in [1.165, 1.54) is 18.2 Å². The van der Waals surface area contributed by atoms with Crippen LogP contribution in [0.3, 0.4) is 0 Å². The van der Waals surface area contributed by atoms with Crippen molar-refractivity contribution in [1.29, 1.82) is 0 Å². The topological polar surface area (TPSA) is 34.4 Å². The standard InChI is InChI=1S/C15H19NO2/c1-2-4-15-13(3-1)9-14(18-15)10-16-7-5-12-6-8-17-11-12/h1-4,9,12,16H,5-8,10-11H2. The molecule has 1 aliphatic heterocycles. The molecule has 1 aliphatic rings. The second-order valence-corrected chi connectivity index (χ2v) is 4.95. The summed E-state index contributed by atoms with van der Waals surface area (Å²) >= 11 is 0. The van der Waals surface area contributed by atoms with E-state index in [1.54, 1.807) is 0 Å². The first-order chi connectivity index (χ1) is 8.92. The van der Waals surface area contributed by atoms with Crippen LogP contribution in [0.15, 0.2) is 34.7 Å². The summed E-state index contributed by atoms with van der Waals surface area (Å²) < 4.78 is 11.1. The first kappa shape index (κ1) is 11.8. The lowest BCUT2D eigenvalue weighted by Crippen LogP contribution is -2.17. The number of benzene rings is 1. The molecule has 1 atom stereocenters. The maximum atomic E-state index is 5.75. The zero-order valence-corrected chi connectivity index (χ0v) is 10.5. The average Bonchev–Trinajstić information content (AvgIpc) is 3.03. The van der Waals surface area contributed by atoms with Gasteiger partial charge in [-0.1, -0.05) is 18.2 Å². The Bertz CT molecular complexity index is 467. The molecule has 3 heteroatoms. The second-order valence-electron chi connectivity index (χ2n) is 4.95. The fourth-order valence-electron chi connectivity index (χ4n) is 2.45. The highest BCUT2D eigenvalue weighted by Crippen LogP contribution is 2.19. The van der Waals surface area contributed by atoms with Crippen molar-refractivity contribution in [2.75, 3.05) is 19.8 Å². The van der Waals surface area contributed by atoms with Crippen molar-refractivity contribution >= 4 is 11.0 Å². The van der Waals surface area contributed by atoms with E-state index in [0.717, 1.165) is 43.6 Å². The Morgan fingerprint density at radius 1 is 1.28 bits per heavy atom. The largest absolute Gasteiger partial charge is 0.460 e. The van der Waals surface area contributed by atoms with Crippen molar-refractivity contribution in [2.45, 2.75) is 19.4 Å². The molecular formula is C15H19NO2. The Kier molecular flexibility index (Phi) is 3.62. The van der Waals surface area contributed by atoms with E-state index in [4.69, 9.17) is 9.15 Å². The summed E-state index contributed by atoms with van der Waals surface area (Å²) in [5, 5.41) is 4.62. The van der Waals surface area contributed by atoms with Crippen LogP contribution in [-0.2, 0) is 11.3 Å². The zero-order valence-electron chi connectivity index (χ0n) is 10.5. The molecule has 1 unspecified atom stereocenters. The van der Waals surface area contributed by atoms with Gasteiger partial charge in [0.05, 0.1) is 6.54 Å². The fourth-order valence-corrected chi connectivity index (χ4v) is 2.45. The highest BCUT2D eigenvalue weighted by Gasteiger charge is 2.14. The van der Waals surface area contributed by atoms with E-state index in [0.29, 0.717) is 0 Å². The van der Waals surface area contributed by atoms with Gasteiger partial charge in [0.25, 0.3) is 0 Å². The number of hydrogen-bond donors (Lipinski definition) is 1. The van der Waals surface area contributed by atoms with Gasteiger partial charge in [-0.2, -0.15) is 0 Å². The maximum absolute atomic E-state index is 5.75. The van der Waals surface area contributed by atoms with E-state index in [2.05, 4.69) is 17.4 Å². The van der Waals surface area contributed by atoms with Crippen molar-refractivity contribution in [3.8, 4) is 0 Å². The van der Waals surface area contributed by atoms with Crippen molar-refractivity contribution < 1.29 is 9.15 Å². The van der Waals surface area contributed by atoms with E-state index >= 15 is 0 Å². The third-order valence-electron chi connectivity index (χ3n) is 3.53. The second kappa shape index (κ2) is 5.55. The van der Waals surface area contributed by atoms with Gasteiger partial charge in [0.2, 0.25) is 0 Å². The van der Waals surface area contributed by atoms with Gasteiger partial charge in [-0.3, -0.25) is 0 Å². The first-order valence-electron chi connectivity index (χ1n) is 6.68. The van der Waals surface area contributed by atoms with Crippen LogP contribution in [0.5, 0.6) is 0 Å². The Labute approximate surface area is 107 Å². The molecular weight excluding hydrogens is 226 g/mol. The Balaban J connectivity index is 1.47. The lowest BCUT2D eigenvalue weighted by atomic mass is 10.1. The molecule has 18 heavy (non-hydrogen) atoms. The quantitative estimate of drug-likeness (QED) is 0.822. The van der Waals surface area contributed by atoms with Gasteiger partial charge in [-0.25, -0.2) is 0 Å². The SMILES string of the molecule is c1ccc2oc(CNCCC3CCOC3)cc2c1. The van der Waals surface area contributed by atoms with Crippen LogP contribution in [0.1, 0.15) is 18.6 Å². The molecule has 2 aromatic rings. The van der Waals surface area contributed by atoms with Crippen LogP contribution in [0, 0.1) is 5.92 Å². The van der Waals surface area contributed by atoms with Crippen LogP contribution < -0.4 is 5.32 Å². The summed E-state index contributed by atoms with van der Waals surface area (Å²) in [5.74, 6) is 1.76. The molecule has 2 heterocycles. The minimum Gasteiger partial charge on any atom is -0.460 e. The number of rotatable bonds is 5. The lowest BCUT2D eigenvalue weighted by Gasteiger charge is -2.07. The van der Waals surface area contributed by atoms with Crippen LogP contribution in [-0.4, -0.2) is 19.8 Å². The summed E-state index contributed by atoms with van der Waals surface area (Å²) in [6, 6.07) is 10.2. The van der Waals surface area contributed by atoms with E-state index in [1.807, 2.05) is 18.2 Å². The molecule has 96 valence electrons. The molecule has 3 rings (SSSR count).